The second-order valence-electron chi connectivity index (χ2n) is 5.88. The van der Waals surface area contributed by atoms with Gasteiger partial charge in [0, 0.05) is 17.5 Å². The lowest BCUT2D eigenvalue weighted by molar-refractivity contribution is -0.116. The van der Waals surface area contributed by atoms with Gasteiger partial charge in [-0.15, -0.1) is 0 Å². The van der Waals surface area contributed by atoms with Gasteiger partial charge in [0.25, 0.3) is 0 Å². The van der Waals surface area contributed by atoms with Gasteiger partial charge in [0.2, 0.25) is 5.91 Å². The van der Waals surface area contributed by atoms with Crippen LogP contribution in [0, 0.1) is 6.92 Å². The number of anilines is 1. The van der Waals surface area contributed by atoms with Gasteiger partial charge in [0.05, 0.1) is 7.11 Å². The topological polar surface area (TPSA) is 38.3 Å². The van der Waals surface area contributed by atoms with Gasteiger partial charge in [0.15, 0.2) is 0 Å². The van der Waals surface area contributed by atoms with Crippen LogP contribution < -0.4 is 10.1 Å². The van der Waals surface area contributed by atoms with E-state index in [1.54, 1.807) is 7.11 Å². The van der Waals surface area contributed by atoms with Gasteiger partial charge in [0.1, 0.15) is 5.75 Å². The Kier molecular flexibility index (Phi) is 4.80. The van der Waals surface area contributed by atoms with E-state index in [1.807, 2.05) is 61.5 Å². The van der Waals surface area contributed by atoms with E-state index in [0.29, 0.717) is 12.8 Å². The minimum atomic E-state index is 0.0276. The van der Waals surface area contributed by atoms with E-state index >= 15 is 0 Å². The van der Waals surface area contributed by atoms with Gasteiger partial charge in [-0.25, -0.2) is 0 Å². The first-order chi connectivity index (χ1) is 11.7. The predicted octanol–water partition coefficient (Wildman–Crippen LogP) is 4.73. The van der Waals surface area contributed by atoms with Gasteiger partial charge >= 0.3 is 0 Å². The average Bonchev–Trinajstić information content (AvgIpc) is 2.60. The standard InChI is InChI=1S/C21H21NO2/c1-15-14-16(10-12-20(15)24-2)11-13-21(23)22-19-9-5-7-17-6-3-4-8-18(17)19/h3-10,12,14H,11,13H2,1-2H3,(H,22,23). The Morgan fingerprint density at radius 3 is 2.62 bits per heavy atom. The van der Waals surface area contributed by atoms with Crippen molar-refractivity contribution in [3.63, 3.8) is 0 Å². The third-order valence-electron chi connectivity index (χ3n) is 4.16. The van der Waals surface area contributed by atoms with Crippen molar-refractivity contribution in [2.45, 2.75) is 19.8 Å². The van der Waals surface area contributed by atoms with Crippen molar-refractivity contribution in [1.29, 1.82) is 0 Å². The molecule has 0 aliphatic rings. The summed E-state index contributed by atoms with van der Waals surface area (Å²) < 4.78 is 5.27. The number of aryl methyl sites for hydroxylation is 2. The zero-order valence-corrected chi connectivity index (χ0v) is 14.0. The zero-order chi connectivity index (χ0) is 16.9. The van der Waals surface area contributed by atoms with Gasteiger partial charge in [-0.3, -0.25) is 4.79 Å². The van der Waals surface area contributed by atoms with E-state index in [0.717, 1.165) is 33.3 Å². The molecule has 0 saturated carbocycles. The lowest BCUT2D eigenvalue weighted by Gasteiger charge is -2.10. The molecule has 0 radical (unpaired) electrons. The molecule has 0 saturated heterocycles. The molecule has 0 aromatic heterocycles. The molecular formula is C21H21NO2. The van der Waals surface area contributed by atoms with Crippen molar-refractivity contribution < 1.29 is 9.53 Å². The highest BCUT2D eigenvalue weighted by molar-refractivity contribution is 6.02. The Bertz CT molecular complexity index is 865. The molecule has 3 rings (SSSR count). The maximum absolute atomic E-state index is 12.3. The second-order valence-corrected chi connectivity index (χ2v) is 5.88. The molecule has 0 fully saturated rings. The van der Waals surface area contributed by atoms with E-state index in [4.69, 9.17) is 4.74 Å². The van der Waals surface area contributed by atoms with Crippen LogP contribution in [0.4, 0.5) is 5.69 Å². The molecule has 1 N–H and O–H groups in total. The predicted molar refractivity (Wildman–Crippen MR) is 98.6 cm³/mol. The number of benzene rings is 3. The van der Waals surface area contributed by atoms with E-state index in [1.165, 1.54) is 0 Å². The molecular weight excluding hydrogens is 298 g/mol. The summed E-state index contributed by atoms with van der Waals surface area (Å²) in [4.78, 5) is 12.3. The Labute approximate surface area is 142 Å². The van der Waals surface area contributed by atoms with Crippen LogP contribution in [-0.4, -0.2) is 13.0 Å². The van der Waals surface area contributed by atoms with Crippen molar-refractivity contribution in [3.8, 4) is 5.75 Å². The fraction of sp³-hybridized carbons (Fsp3) is 0.190. The molecule has 0 heterocycles. The molecule has 0 aliphatic heterocycles. The average molecular weight is 319 g/mol. The smallest absolute Gasteiger partial charge is 0.224 e. The van der Waals surface area contributed by atoms with E-state index in [2.05, 4.69) is 11.4 Å². The number of fused-ring (bicyclic) bond motifs is 1. The van der Waals surface area contributed by atoms with Gasteiger partial charge in [-0.2, -0.15) is 0 Å². The summed E-state index contributed by atoms with van der Waals surface area (Å²) in [7, 11) is 1.67. The number of amides is 1. The Hall–Kier alpha value is -2.81. The summed E-state index contributed by atoms with van der Waals surface area (Å²) in [5.74, 6) is 0.902. The van der Waals surface area contributed by atoms with Crippen LogP contribution in [0.5, 0.6) is 5.75 Å². The highest BCUT2D eigenvalue weighted by atomic mass is 16.5. The minimum absolute atomic E-state index is 0.0276. The molecule has 122 valence electrons. The van der Waals surface area contributed by atoms with E-state index < -0.39 is 0 Å². The first-order valence-corrected chi connectivity index (χ1v) is 8.08. The molecule has 0 bridgehead atoms. The fourth-order valence-electron chi connectivity index (χ4n) is 2.90. The number of methoxy groups -OCH3 is 1. The molecule has 0 aliphatic carbocycles. The largest absolute Gasteiger partial charge is 0.496 e. The van der Waals surface area contributed by atoms with Crippen LogP contribution >= 0.6 is 0 Å². The highest BCUT2D eigenvalue weighted by Crippen LogP contribution is 2.23. The SMILES string of the molecule is COc1ccc(CCC(=O)Nc2cccc3ccccc23)cc1C. The first kappa shape index (κ1) is 16.1. The van der Waals surface area contributed by atoms with Crippen LogP contribution in [0.25, 0.3) is 10.8 Å². The summed E-state index contributed by atoms with van der Waals surface area (Å²) in [6.07, 6.45) is 1.16. The molecule has 0 atom stereocenters. The molecule has 3 aromatic rings. The van der Waals surface area contributed by atoms with E-state index in [-0.39, 0.29) is 5.91 Å². The lowest BCUT2D eigenvalue weighted by atomic mass is 10.1. The summed E-state index contributed by atoms with van der Waals surface area (Å²) in [5, 5.41) is 5.22. The third kappa shape index (κ3) is 3.57. The van der Waals surface area contributed by atoms with E-state index in [9.17, 15) is 4.79 Å². The molecule has 0 spiro atoms. The molecule has 3 aromatic carbocycles. The van der Waals surface area contributed by atoms with Gasteiger partial charge < -0.3 is 10.1 Å². The summed E-state index contributed by atoms with van der Waals surface area (Å²) in [5.41, 5.74) is 3.09. The first-order valence-electron chi connectivity index (χ1n) is 8.08. The quantitative estimate of drug-likeness (QED) is 0.738. The van der Waals surface area contributed by atoms with Gasteiger partial charge in [-0.1, -0.05) is 48.5 Å². The maximum Gasteiger partial charge on any atom is 0.224 e. The van der Waals surface area contributed by atoms with Crippen molar-refractivity contribution in [1.82, 2.24) is 0 Å². The monoisotopic (exact) mass is 319 g/mol. The van der Waals surface area contributed by atoms with Crippen LogP contribution in [0.1, 0.15) is 17.5 Å². The Morgan fingerprint density at radius 1 is 1.04 bits per heavy atom. The van der Waals surface area contributed by atoms with Crippen LogP contribution in [0.3, 0.4) is 0 Å². The van der Waals surface area contributed by atoms with Crippen molar-refractivity contribution in [2.24, 2.45) is 0 Å². The molecule has 24 heavy (non-hydrogen) atoms. The maximum atomic E-state index is 12.3. The molecule has 1 amide bonds. The zero-order valence-electron chi connectivity index (χ0n) is 14.0. The number of hydrogen-bond donors (Lipinski definition) is 1. The van der Waals surface area contributed by atoms with Gasteiger partial charge in [-0.05, 0) is 42.0 Å². The highest BCUT2D eigenvalue weighted by Gasteiger charge is 2.07. The number of hydrogen-bond acceptors (Lipinski definition) is 2. The normalized spacial score (nSPS) is 10.6. The summed E-state index contributed by atoms with van der Waals surface area (Å²) in [6.45, 7) is 2.01. The third-order valence-corrected chi connectivity index (χ3v) is 4.16. The number of carbonyl (C=O) groups is 1. The second kappa shape index (κ2) is 7.18. The number of rotatable bonds is 5. The van der Waals surface area contributed by atoms with Crippen LogP contribution in [0.2, 0.25) is 0 Å². The Balaban J connectivity index is 1.66. The molecule has 3 heteroatoms. The number of nitrogens with one attached hydrogen (secondary N) is 1. The summed E-state index contributed by atoms with van der Waals surface area (Å²) in [6, 6.07) is 20.0. The fourth-order valence-corrected chi connectivity index (χ4v) is 2.90. The minimum Gasteiger partial charge on any atom is -0.496 e. The number of ether oxygens (including phenoxy) is 1. The molecule has 3 nitrogen and oxygen atoms in total. The van der Waals surface area contributed by atoms with Crippen LogP contribution in [0.15, 0.2) is 60.7 Å². The van der Waals surface area contributed by atoms with Crippen molar-refractivity contribution in [2.75, 3.05) is 12.4 Å². The summed E-state index contributed by atoms with van der Waals surface area (Å²) >= 11 is 0. The number of carbonyl (C=O) groups excluding carboxylic acids is 1. The van der Waals surface area contributed by atoms with Crippen molar-refractivity contribution >= 4 is 22.4 Å². The molecule has 0 unspecified atom stereocenters. The van der Waals surface area contributed by atoms with Crippen LogP contribution in [-0.2, 0) is 11.2 Å². The lowest BCUT2D eigenvalue weighted by Crippen LogP contribution is -2.12. The van der Waals surface area contributed by atoms with Crippen molar-refractivity contribution in [3.05, 3.63) is 71.8 Å². The Morgan fingerprint density at radius 2 is 1.83 bits per heavy atom.